The Morgan fingerprint density at radius 3 is 2.52 bits per heavy atom. The average Bonchev–Trinajstić information content (AvgIpc) is 2.98. The predicted octanol–water partition coefficient (Wildman–Crippen LogP) is 4.59. The minimum atomic E-state index is -0.606. The molecule has 1 heterocycles. The fourth-order valence-electron chi connectivity index (χ4n) is 2.91. The smallest absolute Gasteiger partial charge is 0.326 e. The van der Waals surface area contributed by atoms with Gasteiger partial charge in [0.25, 0.3) is 11.1 Å². The van der Waals surface area contributed by atoms with Crippen molar-refractivity contribution >= 4 is 35.0 Å². The molecule has 0 aromatic heterocycles. The third kappa shape index (κ3) is 6.37. The number of benzene rings is 1. The van der Waals surface area contributed by atoms with Crippen molar-refractivity contribution in [1.82, 2.24) is 4.90 Å². The van der Waals surface area contributed by atoms with E-state index >= 15 is 0 Å². The largest absolute Gasteiger partial charge is 0.490 e. The maximum Gasteiger partial charge on any atom is 0.326 e. The van der Waals surface area contributed by atoms with Crippen LogP contribution in [0.4, 0.5) is 4.79 Å². The number of rotatable bonds is 11. The molecule has 0 bridgehead atoms. The zero-order valence-corrected chi connectivity index (χ0v) is 19.3. The van der Waals surface area contributed by atoms with Crippen LogP contribution < -0.4 is 9.47 Å². The summed E-state index contributed by atoms with van der Waals surface area (Å²) >= 11 is 0.795. The molecule has 1 aliphatic rings. The molecule has 0 radical (unpaired) electrons. The average molecular weight is 448 g/mol. The van der Waals surface area contributed by atoms with Gasteiger partial charge in [-0.15, -0.1) is 6.58 Å². The van der Waals surface area contributed by atoms with Gasteiger partial charge in [0.1, 0.15) is 6.54 Å². The number of allylic oxidation sites excluding steroid dienone is 1. The van der Waals surface area contributed by atoms with Crippen molar-refractivity contribution in [2.24, 2.45) is 0 Å². The SMILES string of the molecule is C=CCc1cc(/C=C2/SC(=O)N(CC(=O)O[C@@H](C)CC)C2=O)cc(OCC)c1OCC. The maximum absolute atomic E-state index is 12.7. The molecule has 0 spiro atoms. The molecule has 31 heavy (non-hydrogen) atoms. The van der Waals surface area contributed by atoms with Crippen LogP contribution in [0.25, 0.3) is 6.08 Å². The summed E-state index contributed by atoms with van der Waals surface area (Å²) in [5.74, 6) is 0.0766. The second-order valence-electron chi connectivity index (χ2n) is 6.84. The summed E-state index contributed by atoms with van der Waals surface area (Å²) in [4.78, 5) is 38.2. The summed E-state index contributed by atoms with van der Waals surface area (Å²) in [6.45, 7) is 11.7. The molecule has 2 amide bonds. The number of thioether (sulfide) groups is 1. The Bertz CT molecular complexity index is 879. The van der Waals surface area contributed by atoms with Gasteiger partial charge in [0.2, 0.25) is 0 Å². The van der Waals surface area contributed by atoms with Gasteiger partial charge in [0.05, 0.1) is 24.2 Å². The van der Waals surface area contributed by atoms with Crippen LogP contribution in [0.5, 0.6) is 11.5 Å². The van der Waals surface area contributed by atoms with Gasteiger partial charge >= 0.3 is 5.97 Å². The van der Waals surface area contributed by atoms with Gasteiger partial charge < -0.3 is 14.2 Å². The highest BCUT2D eigenvalue weighted by molar-refractivity contribution is 8.18. The molecule has 1 atom stereocenters. The van der Waals surface area contributed by atoms with E-state index in [2.05, 4.69) is 6.58 Å². The highest BCUT2D eigenvalue weighted by Gasteiger charge is 2.37. The molecule has 0 unspecified atom stereocenters. The van der Waals surface area contributed by atoms with Crippen molar-refractivity contribution in [3.8, 4) is 11.5 Å². The zero-order chi connectivity index (χ0) is 23.0. The first-order valence-electron chi connectivity index (χ1n) is 10.3. The second kappa shape index (κ2) is 11.6. The fraction of sp³-hybridized carbons (Fsp3) is 0.435. The molecular weight excluding hydrogens is 418 g/mol. The van der Waals surface area contributed by atoms with Gasteiger partial charge in [-0.25, -0.2) is 0 Å². The van der Waals surface area contributed by atoms with E-state index in [0.717, 1.165) is 22.2 Å². The van der Waals surface area contributed by atoms with E-state index in [4.69, 9.17) is 14.2 Å². The number of hydrogen-bond acceptors (Lipinski definition) is 7. The molecule has 1 aromatic rings. The molecule has 2 rings (SSSR count). The summed E-state index contributed by atoms with van der Waals surface area (Å²) in [6, 6.07) is 3.65. The first-order valence-corrected chi connectivity index (χ1v) is 11.1. The number of carbonyl (C=O) groups is 3. The Hall–Kier alpha value is -2.74. The van der Waals surface area contributed by atoms with Crippen molar-refractivity contribution < 1.29 is 28.6 Å². The monoisotopic (exact) mass is 447 g/mol. The summed E-state index contributed by atoms with van der Waals surface area (Å²) in [5, 5.41) is -0.500. The molecule has 0 N–H and O–H groups in total. The van der Waals surface area contributed by atoms with Crippen LogP contribution in [0, 0.1) is 0 Å². The lowest BCUT2D eigenvalue weighted by molar-refractivity contribution is -0.150. The van der Waals surface area contributed by atoms with Gasteiger partial charge in [-0.3, -0.25) is 19.3 Å². The first kappa shape index (κ1) is 24.5. The number of imide groups is 1. The van der Waals surface area contributed by atoms with Crippen LogP contribution >= 0.6 is 11.8 Å². The van der Waals surface area contributed by atoms with Gasteiger partial charge in [-0.2, -0.15) is 0 Å². The number of carbonyl (C=O) groups excluding carboxylic acids is 3. The highest BCUT2D eigenvalue weighted by atomic mass is 32.2. The van der Waals surface area contributed by atoms with Crippen molar-refractivity contribution in [3.05, 3.63) is 40.8 Å². The highest BCUT2D eigenvalue weighted by Crippen LogP contribution is 2.37. The Labute approximate surface area is 187 Å². The lowest BCUT2D eigenvalue weighted by Crippen LogP contribution is -2.35. The van der Waals surface area contributed by atoms with Crippen molar-refractivity contribution in [3.63, 3.8) is 0 Å². The first-order chi connectivity index (χ1) is 14.8. The van der Waals surface area contributed by atoms with Crippen LogP contribution in [-0.2, 0) is 20.7 Å². The Kier molecular flexibility index (Phi) is 9.18. The quantitative estimate of drug-likeness (QED) is 0.279. The molecule has 1 fully saturated rings. The zero-order valence-electron chi connectivity index (χ0n) is 18.4. The van der Waals surface area contributed by atoms with Gasteiger partial charge in [-0.05, 0) is 69.1 Å². The molecule has 7 nitrogen and oxygen atoms in total. The van der Waals surface area contributed by atoms with Crippen molar-refractivity contribution in [2.75, 3.05) is 19.8 Å². The molecule has 0 aliphatic carbocycles. The second-order valence-corrected chi connectivity index (χ2v) is 7.84. The third-order valence-electron chi connectivity index (χ3n) is 4.47. The predicted molar refractivity (Wildman–Crippen MR) is 121 cm³/mol. The van der Waals surface area contributed by atoms with E-state index < -0.39 is 23.7 Å². The number of ether oxygens (including phenoxy) is 3. The maximum atomic E-state index is 12.7. The van der Waals surface area contributed by atoms with Crippen molar-refractivity contribution in [2.45, 2.75) is 46.6 Å². The van der Waals surface area contributed by atoms with E-state index in [0.29, 0.717) is 43.1 Å². The van der Waals surface area contributed by atoms with Gasteiger partial charge in [-0.1, -0.05) is 13.0 Å². The molecule has 1 aliphatic heterocycles. The Morgan fingerprint density at radius 1 is 1.19 bits per heavy atom. The molecule has 1 saturated heterocycles. The summed E-state index contributed by atoms with van der Waals surface area (Å²) in [7, 11) is 0. The molecular formula is C23H29NO6S. The Morgan fingerprint density at radius 2 is 1.90 bits per heavy atom. The van der Waals surface area contributed by atoms with E-state index in [1.54, 1.807) is 25.1 Å². The lowest BCUT2D eigenvalue weighted by atomic mass is 10.0. The van der Waals surface area contributed by atoms with Crippen LogP contribution in [0.3, 0.4) is 0 Å². The minimum absolute atomic E-state index is 0.234. The molecule has 8 heteroatoms. The van der Waals surface area contributed by atoms with Crippen molar-refractivity contribution in [1.29, 1.82) is 0 Å². The molecule has 1 aromatic carbocycles. The van der Waals surface area contributed by atoms with Gasteiger partial charge in [0.15, 0.2) is 11.5 Å². The fourth-order valence-corrected chi connectivity index (χ4v) is 3.74. The normalized spacial score (nSPS) is 15.9. The summed E-state index contributed by atoms with van der Waals surface area (Å²) < 4.78 is 16.7. The summed E-state index contributed by atoms with van der Waals surface area (Å²) in [6.07, 6.45) is 4.32. The van der Waals surface area contributed by atoms with Gasteiger partial charge in [0, 0.05) is 5.56 Å². The van der Waals surface area contributed by atoms with E-state index in [9.17, 15) is 14.4 Å². The standard InChI is InChI=1S/C23H29NO6S/c1-6-10-17-11-16(12-18(28-8-3)21(17)29-9-4)13-19-22(26)24(23(27)31-19)14-20(25)30-15(5)7-2/h6,11-13,15H,1,7-10,14H2,2-5H3/b19-13+/t15-/m0/s1. The number of esters is 1. The number of nitrogens with zero attached hydrogens (tertiary/aromatic N) is 1. The van der Waals surface area contributed by atoms with Crippen LogP contribution in [0.1, 0.15) is 45.2 Å². The number of amides is 2. The number of hydrogen-bond donors (Lipinski definition) is 0. The van der Waals surface area contributed by atoms with Crippen LogP contribution in [0.2, 0.25) is 0 Å². The van der Waals surface area contributed by atoms with E-state index in [1.165, 1.54) is 0 Å². The van der Waals surface area contributed by atoms with E-state index in [1.807, 2.05) is 26.8 Å². The third-order valence-corrected chi connectivity index (χ3v) is 5.38. The molecule has 0 saturated carbocycles. The molecule has 168 valence electrons. The lowest BCUT2D eigenvalue weighted by Gasteiger charge is -2.16. The van der Waals surface area contributed by atoms with Crippen LogP contribution in [0.15, 0.2) is 29.7 Å². The minimum Gasteiger partial charge on any atom is -0.490 e. The Balaban J connectivity index is 2.31. The van der Waals surface area contributed by atoms with E-state index in [-0.39, 0.29) is 11.0 Å². The van der Waals surface area contributed by atoms with Crippen LogP contribution in [-0.4, -0.2) is 47.9 Å². The summed E-state index contributed by atoms with van der Waals surface area (Å²) in [5.41, 5.74) is 1.56. The topological polar surface area (TPSA) is 82.1 Å².